The van der Waals surface area contributed by atoms with Gasteiger partial charge in [0.05, 0.1) is 13.2 Å². The first kappa shape index (κ1) is 8.18. The van der Waals surface area contributed by atoms with Gasteiger partial charge in [0.2, 0.25) is 8.38 Å². The van der Waals surface area contributed by atoms with E-state index in [1.165, 1.54) is 10.9 Å². The van der Waals surface area contributed by atoms with E-state index in [2.05, 4.69) is 19.1 Å². The first-order valence-electron chi connectivity index (χ1n) is 3.99. The maximum absolute atomic E-state index is 5.46. The summed E-state index contributed by atoms with van der Waals surface area (Å²) in [6, 6.07) is 8.22. The normalized spacial score (nSPS) is 18.4. The third kappa shape index (κ3) is 1.51. The van der Waals surface area contributed by atoms with Crippen LogP contribution in [0.5, 0.6) is 0 Å². The van der Waals surface area contributed by atoms with Gasteiger partial charge in [0.25, 0.3) is 0 Å². The molecule has 0 bridgehead atoms. The summed E-state index contributed by atoms with van der Waals surface area (Å²) in [6.07, 6.45) is 0. The molecule has 1 aromatic rings. The Balaban J connectivity index is 2.26. The van der Waals surface area contributed by atoms with Crippen molar-refractivity contribution in [2.24, 2.45) is 0 Å². The standard InChI is InChI=1S/C9H11O2P/c1-8-4-2-3-5-9(8)12-10-6-7-11-12/h2-5H,6-7H2,1H3. The highest BCUT2D eigenvalue weighted by Crippen LogP contribution is 2.41. The minimum atomic E-state index is -0.761. The second kappa shape index (κ2) is 3.53. The molecule has 0 unspecified atom stereocenters. The SMILES string of the molecule is Cc1ccccc1P1OCCO1. The summed E-state index contributed by atoms with van der Waals surface area (Å²) in [5.41, 5.74) is 1.26. The summed E-state index contributed by atoms with van der Waals surface area (Å²) in [7, 11) is -0.761. The molecule has 1 saturated heterocycles. The van der Waals surface area contributed by atoms with Gasteiger partial charge in [-0.05, 0) is 18.6 Å². The van der Waals surface area contributed by atoms with Gasteiger partial charge in [-0.25, -0.2) is 0 Å². The van der Waals surface area contributed by atoms with Crippen molar-refractivity contribution < 1.29 is 9.05 Å². The molecule has 0 amide bonds. The molecule has 0 saturated carbocycles. The van der Waals surface area contributed by atoms with Gasteiger partial charge >= 0.3 is 0 Å². The van der Waals surface area contributed by atoms with Crippen LogP contribution < -0.4 is 5.30 Å². The van der Waals surface area contributed by atoms with E-state index >= 15 is 0 Å². The average Bonchev–Trinajstić information content (AvgIpc) is 2.57. The predicted molar refractivity (Wildman–Crippen MR) is 49.6 cm³/mol. The molecule has 12 heavy (non-hydrogen) atoms. The zero-order chi connectivity index (χ0) is 8.39. The molecule has 1 aromatic carbocycles. The quantitative estimate of drug-likeness (QED) is 0.618. The van der Waals surface area contributed by atoms with E-state index < -0.39 is 8.38 Å². The van der Waals surface area contributed by atoms with Crippen molar-refractivity contribution in [2.45, 2.75) is 6.92 Å². The zero-order valence-corrected chi connectivity index (χ0v) is 7.88. The Bertz CT molecular complexity index is 269. The first-order valence-corrected chi connectivity index (χ1v) is 5.17. The molecule has 1 aliphatic rings. The van der Waals surface area contributed by atoms with Gasteiger partial charge in [-0.1, -0.05) is 18.2 Å². The Morgan fingerprint density at radius 1 is 1.17 bits per heavy atom. The van der Waals surface area contributed by atoms with Crippen LogP contribution >= 0.6 is 8.38 Å². The van der Waals surface area contributed by atoms with Gasteiger partial charge in [-0.3, -0.25) is 0 Å². The Hall–Kier alpha value is -0.430. The fraction of sp³-hybridized carbons (Fsp3) is 0.333. The molecule has 1 aliphatic heterocycles. The van der Waals surface area contributed by atoms with Crippen LogP contribution in [0, 0.1) is 6.92 Å². The van der Waals surface area contributed by atoms with Crippen LogP contribution in [0.15, 0.2) is 24.3 Å². The van der Waals surface area contributed by atoms with Crippen LogP contribution in [-0.2, 0) is 9.05 Å². The predicted octanol–water partition coefficient (Wildman–Crippen LogP) is 1.98. The van der Waals surface area contributed by atoms with Crippen molar-refractivity contribution in [3.63, 3.8) is 0 Å². The van der Waals surface area contributed by atoms with Crippen molar-refractivity contribution in [3.05, 3.63) is 29.8 Å². The molecule has 0 radical (unpaired) electrons. The monoisotopic (exact) mass is 182 g/mol. The van der Waals surface area contributed by atoms with Crippen LogP contribution in [0.1, 0.15) is 5.56 Å². The van der Waals surface area contributed by atoms with E-state index in [9.17, 15) is 0 Å². The lowest BCUT2D eigenvalue weighted by Crippen LogP contribution is -2.04. The number of hydrogen-bond donors (Lipinski definition) is 0. The molecule has 64 valence electrons. The Labute approximate surface area is 73.4 Å². The summed E-state index contributed by atoms with van der Waals surface area (Å²) < 4.78 is 10.9. The second-order valence-corrected chi connectivity index (χ2v) is 4.22. The summed E-state index contributed by atoms with van der Waals surface area (Å²) in [6.45, 7) is 3.56. The molecule has 0 spiro atoms. The molecule has 0 aliphatic carbocycles. The molecular formula is C9H11O2P. The zero-order valence-electron chi connectivity index (χ0n) is 6.99. The molecule has 2 nitrogen and oxygen atoms in total. The second-order valence-electron chi connectivity index (χ2n) is 2.71. The molecule has 2 rings (SSSR count). The van der Waals surface area contributed by atoms with Crippen molar-refractivity contribution in [1.29, 1.82) is 0 Å². The third-order valence-corrected chi connectivity index (χ3v) is 3.54. The smallest absolute Gasteiger partial charge is 0.205 e. The largest absolute Gasteiger partial charge is 0.328 e. The van der Waals surface area contributed by atoms with E-state index in [1.54, 1.807) is 0 Å². The number of benzene rings is 1. The molecule has 3 heteroatoms. The van der Waals surface area contributed by atoms with Gasteiger partial charge in [0.1, 0.15) is 0 Å². The van der Waals surface area contributed by atoms with Gasteiger partial charge < -0.3 is 9.05 Å². The highest BCUT2D eigenvalue weighted by molar-refractivity contribution is 7.56. The van der Waals surface area contributed by atoms with Crippen LogP contribution in [0.4, 0.5) is 0 Å². The van der Waals surface area contributed by atoms with E-state index in [0.717, 1.165) is 13.2 Å². The summed E-state index contributed by atoms with van der Waals surface area (Å²) in [5.74, 6) is 0. The minimum absolute atomic E-state index is 0.736. The highest BCUT2D eigenvalue weighted by Gasteiger charge is 2.20. The van der Waals surface area contributed by atoms with Gasteiger partial charge in [-0.2, -0.15) is 0 Å². The van der Waals surface area contributed by atoms with E-state index in [-0.39, 0.29) is 0 Å². The van der Waals surface area contributed by atoms with Crippen LogP contribution in [-0.4, -0.2) is 13.2 Å². The molecule has 1 heterocycles. The fourth-order valence-electron chi connectivity index (χ4n) is 1.18. The van der Waals surface area contributed by atoms with E-state index in [4.69, 9.17) is 9.05 Å². The van der Waals surface area contributed by atoms with Crippen molar-refractivity contribution in [2.75, 3.05) is 13.2 Å². The number of aryl methyl sites for hydroxylation is 1. The van der Waals surface area contributed by atoms with Crippen LogP contribution in [0.2, 0.25) is 0 Å². The van der Waals surface area contributed by atoms with Crippen molar-refractivity contribution >= 4 is 13.7 Å². The summed E-state index contributed by atoms with van der Waals surface area (Å²) >= 11 is 0. The van der Waals surface area contributed by atoms with Crippen LogP contribution in [0.3, 0.4) is 0 Å². The Morgan fingerprint density at radius 2 is 1.83 bits per heavy atom. The minimum Gasteiger partial charge on any atom is -0.328 e. The topological polar surface area (TPSA) is 18.5 Å². The summed E-state index contributed by atoms with van der Waals surface area (Å²) in [4.78, 5) is 0. The van der Waals surface area contributed by atoms with Crippen molar-refractivity contribution in [1.82, 2.24) is 0 Å². The Kier molecular flexibility index (Phi) is 2.40. The number of hydrogen-bond acceptors (Lipinski definition) is 2. The molecule has 1 fully saturated rings. The molecule has 0 atom stereocenters. The lowest BCUT2D eigenvalue weighted by molar-refractivity contribution is 0.365. The highest BCUT2D eigenvalue weighted by atomic mass is 31.2. The van der Waals surface area contributed by atoms with Crippen LogP contribution in [0.25, 0.3) is 0 Å². The van der Waals surface area contributed by atoms with Gasteiger partial charge in [0, 0.05) is 5.30 Å². The summed E-state index contributed by atoms with van der Waals surface area (Å²) in [5, 5.41) is 1.21. The first-order chi connectivity index (χ1) is 5.88. The maximum atomic E-state index is 5.46. The maximum Gasteiger partial charge on any atom is 0.205 e. The fourth-order valence-corrected chi connectivity index (χ4v) is 2.59. The lowest BCUT2D eigenvalue weighted by atomic mass is 10.2. The van der Waals surface area contributed by atoms with Crippen molar-refractivity contribution in [3.8, 4) is 0 Å². The molecule has 0 aromatic heterocycles. The van der Waals surface area contributed by atoms with E-state index in [0.29, 0.717) is 0 Å². The van der Waals surface area contributed by atoms with Gasteiger partial charge in [-0.15, -0.1) is 0 Å². The molecule has 0 N–H and O–H groups in total. The average molecular weight is 182 g/mol. The third-order valence-electron chi connectivity index (χ3n) is 1.81. The number of rotatable bonds is 1. The Morgan fingerprint density at radius 3 is 2.50 bits per heavy atom. The lowest BCUT2D eigenvalue weighted by Gasteiger charge is -2.09. The molecular weight excluding hydrogens is 171 g/mol. The van der Waals surface area contributed by atoms with E-state index in [1.807, 2.05) is 12.1 Å². The van der Waals surface area contributed by atoms with Gasteiger partial charge in [0.15, 0.2) is 0 Å².